The second-order valence-corrected chi connectivity index (χ2v) is 12.4. The first-order valence-electron chi connectivity index (χ1n) is 13.1. The van der Waals surface area contributed by atoms with Crippen LogP contribution in [0.25, 0.3) is 0 Å². The molecular weight excluding hydrogens is 514 g/mol. The van der Waals surface area contributed by atoms with Gasteiger partial charge in [-0.15, -0.1) is 0 Å². The monoisotopic (exact) mass is 545 g/mol. The van der Waals surface area contributed by atoms with E-state index in [9.17, 15) is 29.8 Å². The average molecular weight is 546 g/mol. The molecule has 0 fully saturated rings. The minimum absolute atomic E-state index is 0.0385. The van der Waals surface area contributed by atoms with Crippen molar-refractivity contribution in [2.24, 2.45) is 10.8 Å². The topological polar surface area (TPSA) is 133 Å². The Morgan fingerprint density at radius 3 is 1.88 bits per heavy atom. The molecule has 1 heterocycles. The summed E-state index contributed by atoms with van der Waals surface area (Å²) < 4.78 is 6.08. The number of benzene rings is 2. The van der Waals surface area contributed by atoms with Gasteiger partial charge in [-0.05, 0) is 35.8 Å². The standard InChI is InChI=1S/C30H31N3O7/c1-29(2)13-20-27(22(34)15-29)26(28-21(31(20)5)14-30(3,4)16-23(28)35)18-8-6-7-9-24(18)40-25-11-10-17(32(36)37)12-19(25)33(38)39/h6-12,26H,13-16H2,1-5H3. The number of para-hydroxylation sites is 1. The minimum atomic E-state index is -0.735. The summed E-state index contributed by atoms with van der Waals surface area (Å²) in [5.41, 5.74) is 1.93. The molecule has 0 saturated heterocycles. The maximum atomic E-state index is 13.8. The molecule has 2 aliphatic carbocycles. The summed E-state index contributed by atoms with van der Waals surface area (Å²) in [5.74, 6) is -0.705. The Balaban J connectivity index is 1.71. The quantitative estimate of drug-likeness (QED) is 0.303. The molecule has 2 aromatic carbocycles. The van der Waals surface area contributed by atoms with Crippen LogP contribution in [0.3, 0.4) is 0 Å². The molecule has 5 rings (SSSR count). The van der Waals surface area contributed by atoms with Crippen LogP contribution in [0.4, 0.5) is 11.4 Å². The third kappa shape index (κ3) is 4.67. The molecule has 0 aromatic heterocycles. The van der Waals surface area contributed by atoms with Gasteiger partial charge in [0.1, 0.15) is 5.75 Å². The minimum Gasteiger partial charge on any atom is -0.450 e. The second-order valence-electron chi connectivity index (χ2n) is 12.4. The van der Waals surface area contributed by atoms with Crippen molar-refractivity contribution in [1.82, 2.24) is 4.90 Å². The molecular formula is C30H31N3O7. The van der Waals surface area contributed by atoms with Crippen LogP contribution in [0.1, 0.15) is 64.9 Å². The van der Waals surface area contributed by atoms with E-state index in [1.165, 1.54) is 6.07 Å². The van der Waals surface area contributed by atoms with Gasteiger partial charge in [0.25, 0.3) is 5.69 Å². The van der Waals surface area contributed by atoms with E-state index in [2.05, 4.69) is 27.7 Å². The highest BCUT2D eigenvalue weighted by molar-refractivity contribution is 6.07. The van der Waals surface area contributed by atoms with Crippen molar-refractivity contribution in [3.63, 3.8) is 0 Å². The third-order valence-corrected chi connectivity index (χ3v) is 7.98. The number of nitrogens with zero attached hydrogens (tertiary/aromatic N) is 3. The van der Waals surface area contributed by atoms with Gasteiger partial charge in [-0.3, -0.25) is 29.8 Å². The van der Waals surface area contributed by atoms with E-state index < -0.39 is 27.1 Å². The number of nitro groups is 2. The van der Waals surface area contributed by atoms with Crippen LogP contribution in [0, 0.1) is 31.1 Å². The molecule has 0 N–H and O–H groups in total. The van der Waals surface area contributed by atoms with E-state index >= 15 is 0 Å². The number of allylic oxidation sites excluding steroid dienone is 4. The maximum Gasteiger partial charge on any atom is 0.318 e. The number of ether oxygens (including phenoxy) is 1. The zero-order chi connectivity index (χ0) is 29.1. The smallest absolute Gasteiger partial charge is 0.318 e. The predicted molar refractivity (Wildman–Crippen MR) is 147 cm³/mol. The molecule has 0 atom stereocenters. The fraction of sp³-hybridized carbons (Fsp3) is 0.400. The molecule has 0 amide bonds. The van der Waals surface area contributed by atoms with Crippen molar-refractivity contribution in [2.45, 2.75) is 59.3 Å². The average Bonchev–Trinajstić information content (AvgIpc) is 2.84. The van der Waals surface area contributed by atoms with Gasteiger partial charge in [-0.2, -0.15) is 0 Å². The highest BCUT2D eigenvalue weighted by atomic mass is 16.6. The van der Waals surface area contributed by atoms with Gasteiger partial charge in [-0.25, -0.2) is 0 Å². The Morgan fingerprint density at radius 1 is 0.800 bits per heavy atom. The van der Waals surface area contributed by atoms with Crippen LogP contribution < -0.4 is 4.74 Å². The zero-order valence-corrected chi connectivity index (χ0v) is 23.1. The van der Waals surface area contributed by atoms with Gasteiger partial charge in [0.2, 0.25) is 5.75 Å². The largest absolute Gasteiger partial charge is 0.450 e. The van der Waals surface area contributed by atoms with Crippen molar-refractivity contribution in [1.29, 1.82) is 0 Å². The molecule has 1 aliphatic heterocycles. The number of carbonyl (C=O) groups is 2. The highest BCUT2D eigenvalue weighted by Gasteiger charge is 2.48. The molecule has 0 unspecified atom stereocenters. The van der Waals surface area contributed by atoms with Gasteiger partial charge < -0.3 is 9.64 Å². The number of ketones is 2. The van der Waals surface area contributed by atoms with Crippen molar-refractivity contribution in [2.75, 3.05) is 7.05 Å². The Kier molecular flexibility index (Phi) is 6.40. The lowest BCUT2D eigenvalue weighted by molar-refractivity contribution is -0.394. The zero-order valence-electron chi connectivity index (χ0n) is 23.1. The van der Waals surface area contributed by atoms with E-state index in [0.29, 0.717) is 42.4 Å². The lowest BCUT2D eigenvalue weighted by Gasteiger charge is -2.48. The Hall–Kier alpha value is -4.34. The van der Waals surface area contributed by atoms with Crippen molar-refractivity contribution < 1.29 is 24.2 Å². The number of nitro benzene ring substituents is 2. The maximum absolute atomic E-state index is 13.8. The number of hydrogen-bond acceptors (Lipinski definition) is 8. The first-order chi connectivity index (χ1) is 18.7. The number of non-ortho nitro benzene ring substituents is 1. The fourth-order valence-electron chi connectivity index (χ4n) is 6.25. The van der Waals surface area contributed by atoms with E-state index in [0.717, 1.165) is 23.5 Å². The van der Waals surface area contributed by atoms with Crippen molar-refractivity contribution in [3.8, 4) is 11.5 Å². The van der Waals surface area contributed by atoms with Gasteiger partial charge >= 0.3 is 5.69 Å². The number of rotatable bonds is 5. The Morgan fingerprint density at radius 2 is 1.35 bits per heavy atom. The molecule has 208 valence electrons. The summed E-state index contributed by atoms with van der Waals surface area (Å²) in [4.78, 5) is 51.2. The first-order valence-corrected chi connectivity index (χ1v) is 13.1. The van der Waals surface area contributed by atoms with E-state index in [1.54, 1.807) is 24.3 Å². The molecule has 0 spiro atoms. The number of hydrogen-bond donors (Lipinski definition) is 0. The molecule has 40 heavy (non-hydrogen) atoms. The molecule has 0 bridgehead atoms. The van der Waals surface area contributed by atoms with Gasteiger partial charge in [0.15, 0.2) is 11.6 Å². The van der Waals surface area contributed by atoms with Gasteiger partial charge in [0.05, 0.1) is 15.9 Å². The number of Topliss-reactive ketones (excluding diaryl/α,β-unsaturated/α-hetero) is 2. The van der Waals surface area contributed by atoms with Crippen molar-refractivity contribution >= 4 is 22.9 Å². The molecule has 3 aliphatic rings. The van der Waals surface area contributed by atoms with E-state index in [-0.39, 0.29) is 33.9 Å². The molecule has 0 saturated carbocycles. The normalized spacial score (nSPS) is 20.3. The fourth-order valence-corrected chi connectivity index (χ4v) is 6.25. The Bertz CT molecular complexity index is 1500. The van der Waals surface area contributed by atoms with Crippen LogP contribution in [-0.4, -0.2) is 33.4 Å². The van der Waals surface area contributed by atoms with E-state index in [4.69, 9.17) is 4.74 Å². The summed E-state index contributed by atoms with van der Waals surface area (Å²) in [6.07, 6.45) is 1.97. The molecule has 2 aromatic rings. The van der Waals surface area contributed by atoms with Crippen LogP contribution >= 0.6 is 0 Å². The van der Waals surface area contributed by atoms with Crippen LogP contribution in [-0.2, 0) is 9.59 Å². The summed E-state index contributed by atoms with van der Waals surface area (Å²) in [7, 11) is 1.92. The lowest BCUT2D eigenvalue weighted by atomic mass is 9.63. The summed E-state index contributed by atoms with van der Waals surface area (Å²) in [5, 5.41) is 23.0. The third-order valence-electron chi connectivity index (χ3n) is 7.98. The predicted octanol–water partition coefficient (Wildman–Crippen LogP) is 6.61. The lowest BCUT2D eigenvalue weighted by Crippen LogP contribution is -2.43. The van der Waals surface area contributed by atoms with Crippen molar-refractivity contribution in [3.05, 3.63) is 90.8 Å². The second kappa shape index (κ2) is 9.39. The highest BCUT2D eigenvalue weighted by Crippen LogP contribution is 2.55. The molecule has 10 heteroatoms. The van der Waals surface area contributed by atoms with Crippen LogP contribution in [0.2, 0.25) is 0 Å². The Labute approximate surface area is 231 Å². The summed E-state index contributed by atoms with van der Waals surface area (Å²) in [6.45, 7) is 8.23. The first kappa shape index (κ1) is 27.2. The molecule has 0 radical (unpaired) electrons. The summed E-state index contributed by atoms with van der Waals surface area (Å²) in [6, 6.07) is 10.1. The van der Waals surface area contributed by atoms with Gasteiger partial charge in [-0.1, -0.05) is 45.9 Å². The molecule has 10 nitrogen and oxygen atoms in total. The van der Waals surface area contributed by atoms with E-state index in [1.807, 2.05) is 11.9 Å². The summed E-state index contributed by atoms with van der Waals surface area (Å²) >= 11 is 0. The van der Waals surface area contributed by atoms with Gasteiger partial charge in [0, 0.05) is 60.0 Å². The van der Waals surface area contributed by atoms with Crippen LogP contribution in [0.15, 0.2) is 65.0 Å². The number of carbonyl (C=O) groups excluding carboxylic acids is 2. The SMILES string of the molecule is CN1C2=C(C(=O)CC(C)(C)C2)C(c2ccccc2Oc2ccc([N+](=O)[O-])cc2[N+](=O)[O-])C2=C1CC(C)(C)CC2=O. The van der Waals surface area contributed by atoms with Crippen LogP contribution in [0.5, 0.6) is 11.5 Å².